The highest BCUT2D eigenvalue weighted by Crippen LogP contribution is 2.17. The number of benzene rings is 3. The van der Waals surface area contributed by atoms with Crippen LogP contribution in [0.25, 0.3) is 5.65 Å². The van der Waals surface area contributed by atoms with E-state index in [1.54, 1.807) is 0 Å². The molecule has 2 heterocycles. The van der Waals surface area contributed by atoms with Crippen LogP contribution in [0.4, 0.5) is 0 Å². The summed E-state index contributed by atoms with van der Waals surface area (Å²) in [5.41, 5.74) is 2.04. The smallest absolute Gasteiger partial charge is 0.357 e. The van der Waals surface area contributed by atoms with Crippen molar-refractivity contribution in [2.45, 2.75) is 19.8 Å². The first-order valence-corrected chi connectivity index (χ1v) is 12.1. The third-order valence-electron chi connectivity index (χ3n) is 5.75. The van der Waals surface area contributed by atoms with Gasteiger partial charge >= 0.3 is 17.9 Å². The highest BCUT2D eigenvalue weighted by atomic mass is 16.5. The summed E-state index contributed by atoms with van der Waals surface area (Å²) in [7, 11) is 0. The van der Waals surface area contributed by atoms with Crippen LogP contribution in [0.2, 0.25) is 0 Å². The van der Waals surface area contributed by atoms with Crippen LogP contribution in [0.15, 0.2) is 103 Å². The van der Waals surface area contributed by atoms with E-state index in [4.69, 9.17) is 14.2 Å². The lowest BCUT2D eigenvalue weighted by Crippen LogP contribution is -2.17. The van der Waals surface area contributed by atoms with Crippen molar-refractivity contribution in [2.75, 3.05) is 0 Å². The summed E-state index contributed by atoms with van der Waals surface area (Å²) < 4.78 is 17.5. The maximum absolute atomic E-state index is 13.1. The Hall–Kier alpha value is -5.31. The normalized spacial score (nSPS) is 10.7. The van der Waals surface area contributed by atoms with Crippen LogP contribution in [0.1, 0.15) is 48.0 Å². The summed E-state index contributed by atoms with van der Waals surface area (Å²) in [4.78, 5) is 43.3. The fourth-order valence-electron chi connectivity index (χ4n) is 3.75. The van der Waals surface area contributed by atoms with Crippen LogP contribution in [-0.2, 0) is 34.0 Å². The maximum Gasteiger partial charge on any atom is 0.357 e. The van der Waals surface area contributed by atoms with Crippen LogP contribution in [0.3, 0.4) is 0 Å². The average molecular weight is 522 g/mol. The second-order valence-electron chi connectivity index (χ2n) is 8.51. The zero-order valence-electron chi connectivity index (χ0n) is 20.7. The lowest BCUT2D eigenvalue weighted by Gasteiger charge is -2.10. The summed E-state index contributed by atoms with van der Waals surface area (Å²) >= 11 is 0. The average Bonchev–Trinajstić information content (AvgIpc) is 3.43. The molecule has 0 fully saturated rings. The second-order valence-corrected chi connectivity index (χ2v) is 8.51. The number of hydrogen-bond donors (Lipinski definition) is 0. The van der Waals surface area contributed by atoms with Crippen molar-refractivity contribution in [3.8, 4) is 0 Å². The van der Waals surface area contributed by atoms with Crippen molar-refractivity contribution >= 4 is 23.6 Å². The molecule has 0 spiro atoms. The Labute approximate surface area is 223 Å². The van der Waals surface area contributed by atoms with Gasteiger partial charge in [-0.3, -0.25) is 0 Å². The monoisotopic (exact) mass is 521 g/mol. The number of carbonyl (C=O) groups excluding carboxylic acids is 3. The van der Waals surface area contributed by atoms with Crippen molar-refractivity contribution in [2.24, 2.45) is 0 Å². The van der Waals surface area contributed by atoms with Gasteiger partial charge in [-0.2, -0.15) is 5.10 Å². The van der Waals surface area contributed by atoms with Crippen LogP contribution in [0.5, 0.6) is 0 Å². The predicted octanol–water partition coefficient (Wildman–Crippen LogP) is 4.80. The number of ether oxygens (including phenoxy) is 3. The molecule has 9 nitrogen and oxygen atoms in total. The zero-order valence-corrected chi connectivity index (χ0v) is 20.7. The Morgan fingerprint density at radius 3 is 1.59 bits per heavy atom. The van der Waals surface area contributed by atoms with E-state index in [1.165, 1.54) is 12.3 Å². The van der Waals surface area contributed by atoms with Gasteiger partial charge in [0.2, 0.25) is 0 Å². The van der Waals surface area contributed by atoms with Crippen molar-refractivity contribution < 1.29 is 28.6 Å². The summed E-state index contributed by atoms with van der Waals surface area (Å²) in [6.45, 7) is 0.0396. The Balaban J connectivity index is 1.43. The largest absolute Gasteiger partial charge is 0.457 e. The molecule has 9 heteroatoms. The standard InChI is InChI=1S/C30H23N3O6/c34-28(37-18-21-10-4-1-5-11-21)24-17-31-33-26(30(36)39-20-23-14-8-3-9-15-23)16-25(32-27(24)33)29(35)38-19-22-12-6-2-7-13-22/h1-17H,18-20H2. The molecule has 0 aliphatic carbocycles. The lowest BCUT2D eigenvalue weighted by atomic mass is 10.2. The second kappa shape index (κ2) is 11.8. The zero-order chi connectivity index (χ0) is 27.0. The Bertz CT molecular complexity index is 1600. The predicted molar refractivity (Wildman–Crippen MR) is 140 cm³/mol. The quantitative estimate of drug-likeness (QED) is 0.201. The van der Waals surface area contributed by atoms with E-state index in [0.29, 0.717) is 0 Å². The summed E-state index contributed by atoms with van der Waals surface area (Å²) in [5, 5.41) is 4.17. The molecular weight excluding hydrogens is 498 g/mol. The molecule has 194 valence electrons. The third kappa shape index (κ3) is 6.16. The molecule has 0 amide bonds. The van der Waals surface area contributed by atoms with Gasteiger partial charge in [-0.05, 0) is 16.7 Å². The summed E-state index contributed by atoms with van der Waals surface area (Å²) in [6.07, 6.45) is 1.24. The molecule has 5 aromatic rings. The van der Waals surface area contributed by atoms with Crippen molar-refractivity contribution in [3.63, 3.8) is 0 Å². The number of nitrogens with zero attached hydrogens (tertiary/aromatic N) is 3. The van der Waals surface area contributed by atoms with E-state index in [1.807, 2.05) is 91.0 Å². The van der Waals surface area contributed by atoms with Crippen LogP contribution < -0.4 is 0 Å². The van der Waals surface area contributed by atoms with Crippen molar-refractivity contribution in [3.05, 3.63) is 137 Å². The third-order valence-corrected chi connectivity index (χ3v) is 5.75. The number of fused-ring (bicyclic) bond motifs is 1. The molecule has 0 aliphatic rings. The van der Waals surface area contributed by atoms with Crippen LogP contribution in [-0.4, -0.2) is 32.5 Å². The van der Waals surface area contributed by atoms with E-state index in [9.17, 15) is 14.4 Å². The molecule has 39 heavy (non-hydrogen) atoms. The Kier molecular flexibility index (Phi) is 7.68. The molecule has 0 N–H and O–H groups in total. The van der Waals surface area contributed by atoms with E-state index < -0.39 is 17.9 Å². The number of esters is 3. The highest BCUT2D eigenvalue weighted by molar-refractivity contribution is 5.99. The van der Waals surface area contributed by atoms with Gasteiger partial charge in [0, 0.05) is 6.07 Å². The molecule has 0 unspecified atom stereocenters. The van der Waals surface area contributed by atoms with Gasteiger partial charge in [0.05, 0.1) is 6.20 Å². The van der Waals surface area contributed by atoms with E-state index in [2.05, 4.69) is 10.1 Å². The molecule has 5 rings (SSSR count). The first kappa shape index (κ1) is 25.3. The number of rotatable bonds is 9. The van der Waals surface area contributed by atoms with Gasteiger partial charge in [-0.25, -0.2) is 23.9 Å². The number of hydrogen-bond acceptors (Lipinski definition) is 8. The minimum atomic E-state index is -0.775. The molecular formula is C30H23N3O6. The van der Waals surface area contributed by atoms with Crippen LogP contribution >= 0.6 is 0 Å². The molecule has 3 aromatic carbocycles. The van der Waals surface area contributed by atoms with E-state index in [0.717, 1.165) is 21.2 Å². The Morgan fingerprint density at radius 2 is 1.08 bits per heavy atom. The minimum Gasteiger partial charge on any atom is -0.457 e. The fraction of sp³-hybridized carbons (Fsp3) is 0.100. The van der Waals surface area contributed by atoms with E-state index >= 15 is 0 Å². The summed E-state index contributed by atoms with van der Waals surface area (Å²) in [6, 6.07) is 28.7. The number of carbonyl (C=O) groups is 3. The molecule has 0 radical (unpaired) electrons. The van der Waals surface area contributed by atoms with Gasteiger partial charge in [0.1, 0.15) is 25.4 Å². The van der Waals surface area contributed by atoms with Gasteiger partial charge < -0.3 is 14.2 Å². The fourth-order valence-corrected chi connectivity index (χ4v) is 3.75. The van der Waals surface area contributed by atoms with Gasteiger partial charge in [0.15, 0.2) is 17.0 Å². The molecule has 0 aliphatic heterocycles. The summed E-state index contributed by atoms with van der Waals surface area (Å²) in [5.74, 6) is -2.24. The van der Waals surface area contributed by atoms with E-state index in [-0.39, 0.29) is 42.4 Å². The van der Waals surface area contributed by atoms with Gasteiger partial charge in [-0.1, -0.05) is 91.0 Å². The molecule has 0 saturated heterocycles. The molecule has 2 aromatic heterocycles. The number of aromatic nitrogens is 3. The highest BCUT2D eigenvalue weighted by Gasteiger charge is 2.24. The van der Waals surface area contributed by atoms with Gasteiger partial charge in [-0.15, -0.1) is 0 Å². The van der Waals surface area contributed by atoms with Crippen LogP contribution in [0, 0.1) is 0 Å². The minimum absolute atomic E-state index is 0.00448. The first-order chi connectivity index (χ1) is 19.1. The van der Waals surface area contributed by atoms with Crippen molar-refractivity contribution in [1.29, 1.82) is 0 Å². The SMILES string of the molecule is O=C(OCc1ccccc1)c1cc(C(=O)OCc2ccccc2)n2ncc(C(=O)OCc3ccccc3)c2n1. The molecule has 0 atom stereocenters. The molecule has 0 bridgehead atoms. The topological polar surface area (TPSA) is 109 Å². The molecule has 0 saturated carbocycles. The maximum atomic E-state index is 13.1. The lowest BCUT2D eigenvalue weighted by molar-refractivity contribution is 0.0448. The first-order valence-electron chi connectivity index (χ1n) is 12.1. The van der Waals surface area contributed by atoms with Gasteiger partial charge in [0.25, 0.3) is 0 Å². The van der Waals surface area contributed by atoms with Crippen molar-refractivity contribution in [1.82, 2.24) is 14.6 Å². The Morgan fingerprint density at radius 1 is 0.615 bits per heavy atom.